The van der Waals surface area contributed by atoms with Gasteiger partial charge < -0.3 is 14.8 Å². The summed E-state index contributed by atoms with van der Waals surface area (Å²) in [5.41, 5.74) is 3.81. The number of nitro benzene ring substituents is 1. The average Bonchev–Trinajstić information content (AvgIpc) is 3.00. The molecule has 42 heavy (non-hydrogen) atoms. The first-order valence-corrected chi connectivity index (χ1v) is 13.9. The monoisotopic (exact) mass is 569 g/mol. The van der Waals surface area contributed by atoms with Crippen LogP contribution in [0.15, 0.2) is 101 Å². The maximum absolute atomic E-state index is 13.4. The van der Waals surface area contributed by atoms with Crippen molar-refractivity contribution in [1.82, 2.24) is 5.32 Å². The van der Waals surface area contributed by atoms with Crippen LogP contribution in [0.3, 0.4) is 0 Å². The van der Waals surface area contributed by atoms with Crippen LogP contribution < -0.4 is 5.32 Å². The average molecular weight is 570 g/mol. The largest absolute Gasteiger partial charge is 0.468 e. The molecule has 3 aromatic carbocycles. The van der Waals surface area contributed by atoms with Crippen LogP contribution in [0.4, 0.5) is 5.69 Å². The van der Waals surface area contributed by atoms with Crippen LogP contribution in [0.25, 0.3) is 0 Å². The molecule has 218 valence electrons. The summed E-state index contributed by atoms with van der Waals surface area (Å²) in [5, 5.41) is 14.8. The van der Waals surface area contributed by atoms with Crippen LogP contribution in [0, 0.1) is 16.0 Å². The lowest BCUT2D eigenvalue weighted by atomic mass is 9.75. The summed E-state index contributed by atoms with van der Waals surface area (Å²) in [5.74, 6) is -2.74. The molecule has 9 heteroatoms. The van der Waals surface area contributed by atoms with E-state index in [1.165, 1.54) is 36.4 Å². The third-order valence-corrected chi connectivity index (χ3v) is 7.47. The minimum Gasteiger partial charge on any atom is -0.468 e. The molecular weight excluding hydrogens is 534 g/mol. The number of esters is 2. The number of benzene rings is 3. The Kier molecular flexibility index (Phi) is 10.3. The van der Waals surface area contributed by atoms with Crippen LogP contribution in [0.5, 0.6) is 0 Å². The standard InChI is InChI=1S/C33H35N3O6/c1-22-29(32(37)41-3)31(26-15-10-16-27(21-26)36(39)40)30(23(2)35-22)33(38)42-20-19-34-18-17-28(24-11-6-4-7-12-24)25-13-8-5-9-14-25/h4-16,21,28-29,31,34H,17-20H2,1-3H3. The number of allylic oxidation sites excluding steroid dienone is 1. The number of rotatable bonds is 12. The summed E-state index contributed by atoms with van der Waals surface area (Å²) in [7, 11) is 1.26. The molecule has 0 spiro atoms. The summed E-state index contributed by atoms with van der Waals surface area (Å²) < 4.78 is 10.7. The second-order valence-electron chi connectivity index (χ2n) is 10.1. The van der Waals surface area contributed by atoms with Crippen molar-refractivity contribution < 1.29 is 24.0 Å². The molecule has 1 aliphatic rings. The minimum atomic E-state index is -0.922. The Labute approximate surface area is 245 Å². The van der Waals surface area contributed by atoms with Crippen LogP contribution in [0.1, 0.15) is 48.8 Å². The second-order valence-corrected chi connectivity index (χ2v) is 10.1. The van der Waals surface area contributed by atoms with Gasteiger partial charge in [0.25, 0.3) is 5.69 Å². The van der Waals surface area contributed by atoms with Gasteiger partial charge in [0.1, 0.15) is 12.5 Å². The number of nitro groups is 1. The van der Waals surface area contributed by atoms with E-state index in [-0.39, 0.29) is 23.8 Å². The van der Waals surface area contributed by atoms with Crippen molar-refractivity contribution in [3.05, 3.63) is 123 Å². The van der Waals surface area contributed by atoms with E-state index < -0.39 is 28.7 Å². The maximum atomic E-state index is 13.4. The predicted octanol–water partition coefficient (Wildman–Crippen LogP) is 5.57. The van der Waals surface area contributed by atoms with Gasteiger partial charge in [-0.3, -0.25) is 19.9 Å². The first kappa shape index (κ1) is 30.3. The van der Waals surface area contributed by atoms with E-state index in [4.69, 9.17) is 9.47 Å². The summed E-state index contributed by atoms with van der Waals surface area (Å²) in [6.07, 6.45) is 0.857. The number of carbonyl (C=O) groups excluding carboxylic acids is 2. The molecule has 0 amide bonds. The molecule has 4 rings (SSSR count). The quantitative estimate of drug-likeness (QED) is 0.131. The molecule has 0 saturated carbocycles. The fourth-order valence-corrected chi connectivity index (χ4v) is 5.49. The van der Waals surface area contributed by atoms with E-state index >= 15 is 0 Å². The Morgan fingerprint density at radius 1 is 0.952 bits per heavy atom. The highest BCUT2D eigenvalue weighted by Gasteiger charge is 2.42. The molecule has 0 aromatic heterocycles. The van der Waals surface area contributed by atoms with Gasteiger partial charge in [0.2, 0.25) is 0 Å². The molecule has 2 atom stereocenters. The molecule has 1 heterocycles. The molecule has 0 radical (unpaired) electrons. The molecule has 1 aliphatic heterocycles. The second kappa shape index (κ2) is 14.3. The van der Waals surface area contributed by atoms with Gasteiger partial charge in [-0.15, -0.1) is 0 Å². The van der Waals surface area contributed by atoms with Gasteiger partial charge in [-0.2, -0.15) is 0 Å². The van der Waals surface area contributed by atoms with Gasteiger partial charge >= 0.3 is 11.9 Å². The Morgan fingerprint density at radius 2 is 1.60 bits per heavy atom. The highest BCUT2D eigenvalue weighted by molar-refractivity contribution is 6.07. The molecule has 0 bridgehead atoms. The van der Waals surface area contributed by atoms with Gasteiger partial charge in [-0.25, -0.2) is 4.79 Å². The van der Waals surface area contributed by atoms with E-state index in [1.807, 2.05) is 36.4 Å². The molecule has 2 unspecified atom stereocenters. The van der Waals surface area contributed by atoms with Gasteiger partial charge in [0.15, 0.2) is 0 Å². The third-order valence-electron chi connectivity index (χ3n) is 7.47. The number of hydrogen-bond donors (Lipinski definition) is 1. The Hall–Kier alpha value is -4.63. The number of nitrogens with zero attached hydrogens (tertiary/aromatic N) is 2. The van der Waals surface area contributed by atoms with Crippen molar-refractivity contribution in [3.8, 4) is 0 Å². The van der Waals surface area contributed by atoms with Crippen molar-refractivity contribution in [1.29, 1.82) is 0 Å². The van der Waals surface area contributed by atoms with Crippen molar-refractivity contribution >= 4 is 23.3 Å². The van der Waals surface area contributed by atoms with E-state index in [1.54, 1.807) is 19.9 Å². The normalized spacial score (nSPS) is 16.6. The Morgan fingerprint density at radius 3 is 2.19 bits per heavy atom. The van der Waals surface area contributed by atoms with Gasteiger partial charge in [0.05, 0.1) is 17.6 Å². The third kappa shape index (κ3) is 7.16. The molecule has 0 saturated heterocycles. The Balaban J connectivity index is 1.43. The summed E-state index contributed by atoms with van der Waals surface area (Å²) in [4.78, 5) is 41.6. The summed E-state index contributed by atoms with van der Waals surface area (Å²) in [6, 6.07) is 26.6. The van der Waals surface area contributed by atoms with Gasteiger partial charge in [-0.05, 0) is 43.5 Å². The number of methoxy groups -OCH3 is 1. The van der Waals surface area contributed by atoms with Crippen molar-refractivity contribution in [2.75, 3.05) is 26.8 Å². The molecule has 1 N–H and O–H groups in total. The van der Waals surface area contributed by atoms with Gasteiger partial charge in [-0.1, -0.05) is 72.8 Å². The highest BCUT2D eigenvalue weighted by Crippen LogP contribution is 2.41. The molecular formula is C33H35N3O6. The van der Waals surface area contributed by atoms with E-state index in [0.29, 0.717) is 30.1 Å². The lowest BCUT2D eigenvalue weighted by Gasteiger charge is -2.31. The van der Waals surface area contributed by atoms with Crippen molar-refractivity contribution in [2.24, 2.45) is 10.9 Å². The van der Waals surface area contributed by atoms with Gasteiger partial charge in [0, 0.05) is 41.9 Å². The van der Waals surface area contributed by atoms with E-state index in [2.05, 4.69) is 34.6 Å². The zero-order valence-corrected chi connectivity index (χ0v) is 24.0. The maximum Gasteiger partial charge on any atom is 0.336 e. The van der Waals surface area contributed by atoms with Crippen LogP contribution >= 0.6 is 0 Å². The number of ether oxygens (including phenoxy) is 2. The lowest BCUT2D eigenvalue weighted by Crippen LogP contribution is -2.36. The molecule has 9 nitrogen and oxygen atoms in total. The minimum absolute atomic E-state index is 0.101. The molecule has 0 aliphatic carbocycles. The number of nitrogens with one attached hydrogen (secondary N) is 1. The smallest absolute Gasteiger partial charge is 0.336 e. The molecule has 3 aromatic rings. The van der Waals surface area contributed by atoms with E-state index in [0.717, 1.165) is 6.42 Å². The summed E-state index contributed by atoms with van der Waals surface area (Å²) in [6.45, 7) is 4.59. The van der Waals surface area contributed by atoms with Crippen molar-refractivity contribution in [2.45, 2.75) is 32.1 Å². The van der Waals surface area contributed by atoms with Crippen LogP contribution in [0.2, 0.25) is 0 Å². The number of hydrogen-bond acceptors (Lipinski definition) is 8. The zero-order chi connectivity index (χ0) is 30.1. The SMILES string of the molecule is COC(=O)C1C(C)=NC(C)=C(C(=O)OCCNCCC(c2ccccc2)c2ccccc2)C1c1cccc([N+](=O)[O-])c1. The number of non-ortho nitro benzene ring substituents is 1. The Bertz CT molecular complexity index is 1430. The molecule has 0 fully saturated rings. The topological polar surface area (TPSA) is 120 Å². The highest BCUT2D eigenvalue weighted by atomic mass is 16.6. The van der Waals surface area contributed by atoms with E-state index in [9.17, 15) is 19.7 Å². The van der Waals surface area contributed by atoms with Crippen molar-refractivity contribution in [3.63, 3.8) is 0 Å². The fraction of sp³-hybridized carbons (Fsp3) is 0.303. The van der Waals surface area contributed by atoms with Crippen LogP contribution in [-0.2, 0) is 19.1 Å². The predicted molar refractivity (Wildman–Crippen MR) is 160 cm³/mol. The number of aliphatic imine (C=N–C) groups is 1. The number of carbonyl (C=O) groups is 2. The zero-order valence-electron chi connectivity index (χ0n) is 24.0. The summed E-state index contributed by atoms with van der Waals surface area (Å²) >= 11 is 0. The fourth-order valence-electron chi connectivity index (χ4n) is 5.49. The lowest BCUT2D eigenvalue weighted by molar-refractivity contribution is -0.384. The van der Waals surface area contributed by atoms with Crippen LogP contribution in [-0.4, -0.2) is 49.4 Å². The first-order valence-electron chi connectivity index (χ1n) is 13.9. The first-order chi connectivity index (χ1) is 20.3.